The average Bonchev–Trinajstić information content (AvgIpc) is 3.15. The maximum absolute atomic E-state index is 10.4. The Balaban J connectivity index is 0.000000734. The molecular formula is C28H54O. The Morgan fingerprint density at radius 1 is 0.759 bits per heavy atom. The van der Waals surface area contributed by atoms with E-state index in [1.54, 1.807) is 6.92 Å². The minimum absolute atomic E-state index is 0.325. The van der Waals surface area contributed by atoms with Crippen molar-refractivity contribution < 1.29 is 4.79 Å². The van der Waals surface area contributed by atoms with Crippen LogP contribution in [-0.2, 0) is 4.79 Å². The van der Waals surface area contributed by atoms with E-state index >= 15 is 0 Å². The van der Waals surface area contributed by atoms with Crippen molar-refractivity contribution in [2.45, 2.75) is 149 Å². The summed E-state index contributed by atoms with van der Waals surface area (Å²) in [5.41, 5.74) is 0. The van der Waals surface area contributed by atoms with Crippen molar-refractivity contribution in [3.05, 3.63) is 12.7 Å². The molecule has 0 N–H and O–H groups in total. The fraction of sp³-hybridized carbons (Fsp3) is 0.893. The van der Waals surface area contributed by atoms with Crippen molar-refractivity contribution in [3.8, 4) is 0 Å². The number of unbranched alkanes of at least 4 members (excludes halogenated alkanes) is 11. The van der Waals surface area contributed by atoms with Crippen molar-refractivity contribution in [2.75, 3.05) is 0 Å². The van der Waals surface area contributed by atoms with Crippen LogP contribution in [0.25, 0.3) is 0 Å². The van der Waals surface area contributed by atoms with Gasteiger partial charge in [0.25, 0.3) is 0 Å². The molecule has 0 aromatic rings. The highest BCUT2D eigenvalue weighted by Gasteiger charge is 2.25. The van der Waals surface area contributed by atoms with Gasteiger partial charge in [-0.15, -0.1) is 6.58 Å². The van der Waals surface area contributed by atoms with Gasteiger partial charge < -0.3 is 4.79 Å². The number of carbonyl (C=O) groups excluding carboxylic acids is 1. The molecule has 0 spiro atoms. The van der Waals surface area contributed by atoms with E-state index in [2.05, 4.69) is 26.5 Å². The lowest BCUT2D eigenvalue weighted by Crippen LogP contribution is -2.08. The number of allylic oxidation sites excluding steroid dienone is 1. The van der Waals surface area contributed by atoms with E-state index in [4.69, 9.17) is 0 Å². The monoisotopic (exact) mass is 406 g/mol. The zero-order valence-corrected chi connectivity index (χ0v) is 20.5. The third kappa shape index (κ3) is 19.1. The number of Topliss-reactive ketones (excluding diaryl/α,β-unsaturated/α-hetero) is 1. The van der Waals surface area contributed by atoms with Crippen LogP contribution in [0.15, 0.2) is 12.7 Å². The van der Waals surface area contributed by atoms with Crippen molar-refractivity contribution in [3.63, 3.8) is 0 Å². The minimum Gasteiger partial charge on any atom is -0.300 e. The van der Waals surface area contributed by atoms with Crippen molar-refractivity contribution in [1.29, 1.82) is 0 Å². The van der Waals surface area contributed by atoms with Gasteiger partial charge in [0, 0.05) is 6.42 Å². The molecule has 172 valence electrons. The number of hydrogen-bond acceptors (Lipinski definition) is 1. The van der Waals surface area contributed by atoms with E-state index in [1.165, 1.54) is 116 Å². The minimum atomic E-state index is 0.325. The fourth-order valence-corrected chi connectivity index (χ4v) is 4.73. The summed E-state index contributed by atoms with van der Waals surface area (Å²) < 4.78 is 0. The predicted octanol–water partition coefficient (Wildman–Crippen LogP) is 9.84. The van der Waals surface area contributed by atoms with Crippen LogP contribution in [-0.4, -0.2) is 5.78 Å². The standard InChI is InChI=1S/C20H38.C8H16O/c1-3-5-7-9-11-13-16-20-18-14-17-19(20)15-12-10-8-6-4-2;1-3-4-5-6-7-8(2)9/h4,19-20H,2-3,5-18H2,1H3;3-7H2,1-2H3/t19-,20-;/m0./s1. The molecule has 1 aliphatic carbocycles. The van der Waals surface area contributed by atoms with Crippen LogP contribution < -0.4 is 0 Å². The van der Waals surface area contributed by atoms with E-state index in [0.29, 0.717) is 5.78 Å². The molecule has 0 bridgehead atoms. The SMILES string of the molecule is C=CCCCCC[C@H]1CCC[C@@H]1CCCCCCCC.CCCCCCC(C)=O. The molecule has 0 saturated heterocycles. The Morgan fingerprint density at radius 3 is 1.76 bits per heavy atom. The lowest BCUT2D eigenvalue weighted by atomic mass is 9.87. The summed E-state index contributed by atoms with van der Waals surface area (Å²) in [6.07, 6.45) is 29.5. The first kappa shape index (κ1) is 28.4. The Morgan fingerprint density at radius 2 is 1.24 bits per heavy atom. The molecule has 1 saturated carbocycles. The van der Waals surface area contributed by atoms with Crippen LogP contribution in [0.1, 0.15) is 149 Å². The highest BCUT2D eigenvalue weighted by Crippen LogP contribution is 2.38. The normalized spacial score (nSPS) is 18.3. The van der Waals surface area contributed by atoms with Crippen molar-refractivity contribution in [1.82, 2.24) is 0 Å². The number of rotatable bonds is 18. The molecule has 0 radical (unpaired) electrons. The highest BCUT2D eigenvalue weighted by atomic mass is 16.1. The van der Waals surface area contributed by atoms with Crippen LogP contribution in [0, 0.1) is 11.8 Å². The second-order valence-electron chi connectivity index (χ2n) is 9.45. The van der Waals surface area contributed by atoms with Gasteiger partial charge in [-0.05, 0) is 38.0 Å². The fourth-order valence-electron chi connectivity index (χ4n) is 4.73. The van der Waals surface area contributed by atoms with Gasteiger partial charge in [-0.3, -0.25) is 0 Å². The third-order valence-electron chi connectivity index (χ3n) is 6.61. The summed E-state index contributed by atoms with van der Waals surface area (Å²) in [5, 5.41) is 0. The summed E-state index contributed by atoms with van der Waals surface area (Å²) in [4.78, 5) is 10.4. The quantitative estimate of drug-likeness (QED) is 0.163. The smallest absolute Gasteiger partial charge is 0.129 e. The Hall–Kier alpha value is -0.590. The first-order valence-electron chi connectivity index (χ1n) is 13.3. The van der Waals surface area contributed by atoms with Gasteiger partial charge in [0.05, 0.1) is 0 Å². The molecule has 1 nitrogen and oxygen atoms in total. The number of ketones is 1. The topological polar surface area (TPSA) is 17.1 Å². The van der Waals surface area contributed by atoms with Gasteiger partial charge in [0.15, 0.2) is 0 Å². The maximum atomic E-state index is 10.4. The van der Waals surface area contributed by atoms with Crippen LogP contribution >= 0.6 is 0 Å². The third-order valence-corrected chi connectivity index (χ3v) is 6.61. The maximum Gasteiger partial charge on any atom is 0.129 e. The number of hydrogen-bond donors (Lipinski definition) is 0. The molecule has 0 aliphatic heterocycles. The average molecular weight is 407 g/mol. The summed E-state index contributed by atoms with van der Waals surface area (Å²) in [7, 11) is 0. The van der Waals surface area contributed by atoms with Gasteiger partial charge in [-0.2, -0.15) is 0 Å². The number of carbonyl (C=O) groups is 1. The predicted molar refractivity (Wildman–Crippen MR) is 132 cm³/mol. The zero-order valence-electron chi connectivity index (χ0n) is 20.5. The molecule has 0 unspecified atom stereocenters. The molecule has 1 aliphatic rings. The van der Waals surface area contributed by atoms with E-state index in [1.807, 2.05) is 0 Å². The molecule has 1 rings (SSSR count). The van der Waals surface area contributed by atoms with E-state index in [9.17, 15) is 4.79 Å². The van der Waals surface area contributed by atoms with Crippen LogP contribution in [0.5, 0.6) is 0 Å². The molecule has 1 fully saturated rings. The molecule has 0 heterocycles. The molecule has 0 aromatic heterocycles. The summed E-state index contributed by atoms with van der Waals surface area (Å²) in [6.45, 7) is 9.94. The van der Waals surface area contributed by atoms with Gasteiger partial charge in [-0.25, -0.2) is 0 Å². The van der Waals surface area contributed by atoms with Crippen molar-refractivity contribution >= 4 is 5.78 Å². The van der Waals surface area contributed by atoms with E-state index in [0.717, 1.165) is 24.7 Å². The van der Waals surface area contributed by atoms with Gasteiger partial charge >= 0.3 is 0 Å². The molecule has 29 heavy (non-hydrogen) atoms. The first-order chi connectivity index (χ1) is 14.2. The van der Waals surface area contributed by atoms with Crippen LogP contribution in [0.4, 0.5) is 0 Å². The molecule has 0 aromatic carbocycles. The van der Waals surface area contributed by atoms with Crippen LogP contribution in [0.3, 0.4) is 0 Å². The Bertz CT molecular complexity index is 359. The van der Waals surface area contributed by atoms with E-state index in [-0.39, 0.29) is 0 Å². The Kier molecular flexibility index (Phi) is 21.7. The summed E-state index contributed by atoms with van der Waals surface area (Å²) in [5.74, 6) is 2.49. The van der Waals surface area contributed by atoms with Gasteiger partial charge in [0.1, 0.15) is 5.78 Å². The summed E-state index contributed by atoms with van der Waals surface area (Å²) in [6, 6.07) is 0. The molecule has 1 heteroatoms. The molecule has 0 amide bonds. The first-order valence-corrected chi connectivity index (χ1v) is 13.3. The lowest BCUT2D eigenvalue weighted by Gasteiger charge is -2.19. The second-order valence-corrected chi connectivity index (χ2v) is 9.45. The van der Waals surface area contributed by atoms with Gasteiger partial charge in [-0.1, -0.05) is 123 Å². The highest BCUT2D eigenvalue weighted by molar-refractivity contribution is 5.75. The Labute approximate surface area is 184 Å². The van der Waals surface area contributed by atoms with Crippen molar-refractivity contribution in [2.24, 2.45) is 11.8 Å². The molecule has 2 atom stereocenters. The van der Waals surface area contributed by atoms with Gasteiger partial charge in [0.2, 0.25) is 0 Å². The zero-order chi connectivity index (χ0) is 21.6. The lowest BCUT2D eigenvalue weighted by molar-refractivity contribution is -0.117. The second kappa shape index (κ2) is 22.1. The molecular weight excluding hydrogens is 352 g/mol. The van der Waals surface area contributed by atoms with E-state index < -0.39 is 0 Å². The summed E-state index contributed by atoms with van der Waals surface area (Å²) >= 11 is 0. The largest absolute Gasteiger partial charge is 0.300 e. The van der Waals surface area contributed by atoms with Crippen LogP contribution in [0.2, 0.25) is 0 Å².